The minimum Gasteiger partial charge on any atom is -0.463 e. The molecule has 0 bridgehead atoms. The number of hydrogen-bond acceptors (Lipinski definition) is 2. The highest BCUT2D eigenvalue weighted by Crippen LogP contribution is 2.22. The van der Waals surface area contributed by atoms with Gasteiger partial charge in [-0.1, -0.05) is 33.6 Å². The monoisotopic (exact) mass is 288 g/mol. The SMILES string of the molecule is CCOC(=O)/C=C/c1ccc(Cl)cc1Br. The van der Waals surface area contributed by atoms with Crippen LogP contribution in [0.1, 0.15) is 12.5 Å². The first kappa shape index (κ1) is 12.3. The molecular formula is C11H10BrClO2. The van der Waals surface area contributed by atoms with Gasteiger partial charge in [0, 0.05) is 15.6 Å². The summed E-state index contributed by atoms with van der Waals surface area (Å²) >= 11 is 9.13. The van der Waals surface area contributed by atoms with Crippen molar-refractivity contribution >= 4 is 39.6 Å². The minimum atomic E-state index is -0.348. The fraction of sp³-hybridized carbons (Fsp3) is 0.182. The van der Waals surface area contributed by atoms with Gasteiger partial charge in [-0.3, -0.25) is 0 Å². The lowest BCUT2D eigenvalue weighted by Gasteiger charge is -1.99. The van der Waals surface area contributed by atoms with Gasteiger partial charge in [-0.15, -0.1) is 0 Å². The molecule has 0 N–H and O–H groups in total. The van der Waals surface area contributed by atoms with E-state index in [1.54, 1.807) is 25.1 Å². The number of hydrogen-bond donors (Lipinski definition) is 0. The third-order valence-electron chi connectivity index (χ3n) is 1.65. The van der Waals surface area contributed by atoms with Crippen LogP contribution in [0.25, 0.3) is 6.08 Å². The standard InChI is InChI=1S/C11H10BrClO2/c1-2-15-11(14)6-4-8-3-5-9(13)7-10(8)12/h3-7H,2H2,1H3/b6-4+. The van der Waals surface area contributed by atoms with Gasteiger partial charge < -0.3 is 4.74 Å². The van der Waals surface area contributed by atoms with E-state index in [1.807, 2.05) is 6.07 Å². The Balaban J connectivity index is 2.76. The molecule has 0 aliphatic heterocycles. The second-order valence-electron chi connectivity index (χ2n) is 2.75. The molecule has 0 aliphatic carbocycles. The zero-order valence-electron chi connectivity index (χ0n) is 8.17. The van der Waals surface area contributed by atoms with E-state index in [0.717, 1.165) is 10.0 Å². The van der Waals surface area contributed by atoms with E-state index in [2.05, 4.69) is 15.9 Å². The highest BCUT2D eigenvalue weighted by molar-refractivity contribution is 9.10. The van der Waals surface area contributed by atoms with Crippen LogP contribution in [0, 0.1) is 0 Å². The molecule has 0 aliphatic rings. The second-order valence-corrected chi connectivity index (χ2v) is 4.04. The Bertz CT molecular complexity index is 388. The van der Waals surface area contributed by atoms with Crippen LogP contribution in [0.2, 0.25) is 5.02 Å². The Morgan fingerprint density at radius 3 is 2.93 bits per heavy atom. The predicted octanol–water partition coefficient (Wildman–Crippen LogP) is 3.68. The summed E-state index contributed by atoms with van der Waals surface area (Å²) in [5.74, 6) is -0.348. The molecule has 1 aromatic carbocycles. The highest BCUT2D eigenvalue weighted by Gasteiger charge is 1.98. The van der Waals surface area contributed by atoms with Gasteiger partial charge in [0.05, 0.1) is 6.61 Å². The van der Waals surface area contributed by atoms with Crippen LogP contribution in [-0.4, -0.2) is 12.6 Å². The molecule has 4 heteroatoms. The summed E-state index contributed by atoms with van der Waals surface area (Å²) in [7, 11) is 0. The molecule has 0 spiro atoms. The molecular weight excluding hydrogens is 279 g/mol. The number of rotatable bonds is 3. The molecule has 80 valence electrons. The quantitative estimate of drug-likeness (QED) is 0.627. The van der Waals surface area contributed by atoms with Gasteiger partial charge in [0.2, 0.25) is 0 Å². The second kappa shape index (κ2) is 5.93. The third-order valence-corrected chi connectivity index (χ3v) is 2.57. The number of ether oxygens (including phenoxy) is 1. The number of esters is 1. The summed E-state index contributed by atoms with van der Waals surface area (Å²) in [6.45, 7) is 2.15. The summed E-state index contributed by atoms with van der Waals surface area (Å²) in [6, 6.07) is 5.35. The summed E-state index contributed by atoms with van der Waals surface area (Å²) in [5.41, 5.74) is 0.882. The van der Waals surface area contributed by atoms with Crippen LogP contribution in [0.5, 0.6) is 0 Å². The van der Waals surface area contributed by atoms with Crippen molar-refractivity contribution in [2.75, 3.05) is 6.61 Å². The number of carbonyl (C=O) groups is 1. The van der Waals surface area contributed by atoms with Crippen molar-refractivity contribution in [3.8, 4) is 0 Å². The predicted molar refractivity (Wildman–Crippen MR) is 64.8 cm³/mol. The van der Waals surface area contributed by atoms with Crippen molar-refractivity contribution in [1.29, 1.82) is 0 Å². The first-order valence-electron chi connectivity index (χ1n) is 4.43. The molecule has 0 radical (unpaired) electrons. The van der Waals surface area contributed by atoms with Gasteiger partial charge in [0.25, 0.3) is 0 Å². The summed E-state index contributed by atoms with van der Waals surface area (Å²) < 4.78 is 5.60. The fourth-order valence-corrected chi connectivity index (χ4v) is 1.80. The Morgan fingerprint density at radius 1 is 1.60 bits per heavy atom. The lowest BCUT2D eigenvalue weighted by Crippen LogP contribution is -1.98. The Kier molecular flexibility index (Phi) is 4.85. The molecule has 0 aromatic heterocycles. The molecule has 0 amide bonds. The largest absolute Gasteiger partial charge is 0.463 e. The Hall–Kier alpha value is -0.800. The molecule has 1 rings (SSSR count). The Morgan fingerprint density at radius 2 is 2.33 bits per heavy atom. The van der Waals surface area contributed by atoms with E-state index in [0.29, 0.717) is 11.6 Å². The first-order chi connectivity index (χ1) is 7.13. The van der Waals surface area contributed by atoms with E-state index < -0.39 is 0 Å². The summed E-state index contributed by atoms with van der Waals surface area (Å²) in [4.78, 5) is 11.0. The molecule has 0 fully saturated rings. The van der Waals surface area contributed by atoms with Crippen molar-refractivity contribution in [2.24, 2.45) is 0 Å². The van der Waals surface area contributed by atoms with Gasteiger partial charge in [-0.25, -0.2) is 4.79 Å². The van der Waals surface area contributed by atoms with Gasteiger partial charge in [0.1, 0.15) is 0 Å². The van der Waals surface area contributed by atoms with Crippen LogP contribution in [0.15, 0.2) is 28.7 Å². The van der Waals surface area contributed by atoms with Crippen molar-refractivity contribution in [1.82, 2.24) is 0 Å². The van der Waals surface area contributed by atoms with Gasteiger partial charge >= 0.3 is 5.97 Å². The van der Waals surface area contributed by atoms with Crippen molar-refractivity contribution in [2.45, 2.75) is 6.92 Å². The Labute approximate surface area is 102 Å². The molecule has 0 unspecified atom stereocenters. The van der Waals surface area contributed by atoms with Crippen molar-refractivity contribution < 1.29 is 9.53 Å². The molecule has 0 heterocycles. The first-order valence-corrected chi connectivity index (χ1v) is 5.60. The molecule has 0 atom stereocenters. The van der Waals surface area contributed by atoms with Crippen molar-refractivity contribution in [3.05, 3.63) is 39.3 Å². The van der Waals surface area contributed by atoms with E-state index in [-0.39, 0.29) is 5.97 Å². The average Bonchev–Trinajstić information content (AvgIpc) is 2.17. The van der Waals surface area contributed by atoms with Crippen LogP contribution >= 0.6 is 27.5 Å². The van der Waals surface area contributed by atoms with Crippen LogP contribution in [0.3, 0.4) is 0 Å². The number of benzene rings is 1. The van der Waals surface area contributed by atoms with E-state index >= 15 is 0 Å². The maximum absolute atomic E-state index is 11.0. The highest BCUT2D eigenvalue weighted by atomic mass is 79.9. The van der Waals surface area contributed by atoms with Crippen LogP contribution in [0.4, 0.5) is 0 Å². The van der Waals surface area contributed by atoms with Crippen LogP contribution < -0.4 is 0 Å². The minimum absolute atomic E-state index is 0.348. The maximum Gasteiger partial charge on any atom is 0.330 e. The van der Waals surface area contributed by atoms with Crippen LogP contribution in [-0.2, 0) is 9.53 Å². The fourth-order valence-electron chi connectivity index (χ4n) is 0.985. The van der Waals surface area contributed by atoms with E-state index in [9.17, 15) is 4.79 Å². The molecule has 0 saturated heterocycles. The maximum atomic E-state index is 11.0. The topological polar surface area (TPSA) is 26.3 Å². The third kappa shape index (κ3) is 4.06. The average molecular weight is 290 g/mol. The summed E-state index contributed by atoms with van der Waals surface area (Å²) in [5, 5.41) is 0.648. The summed E-state index contributed by atoms with van der Waals surface area (Å²) in [6.07, 6.45) is 3.07. The van der Waals surface area contributed by atoms with Gasteiger partial charge in [0.15, 0.2) is 0 Å². The lowest BCUT2D eigenvalue weighted by molar-refractivity contribution is -0.137. The normalized spacial score (nSPS) is 10.6. The molecule has 2 nitrogen and oxygen atoms in total. The smallest absolute Gasteiger partial charge is 0.330 e. The van der Waals surface area contributed by atoms with Crippen molar-refractivity contribution in [3.63, 3.8) is 0 Å². The molecule has 15 heavy (non-hydrogen) atoms. The molecule has 0 saturated carbocycles. The lowest BCUT2D eigenvalue weighted by atomic mass is 10.2. The van der Waals surface area contributed by atoms with Gasteiger partial charge in [-0.2, -0.15) is 0 Å². The van der Waals surface area contributed by atoms with Gasteiger partial charge in [-0.05, 0) is 30.7 Å². The zero-order chi connectivity index (χ0) is 11.3. The van der Waals surface area contributed by atoms with E-state index in [4.69, 9.17) is 16.3 Å². The molecule has 1 aromatic rings. The number of carbonyl (C=O) groups excluding carboxylic acids is 1. The van der Waals surface area contributed by atoms with E-state index in [1.165, 1.54) is 6.08 Å². The number of halogens is 2. The zero-order valence-corrected chi connectivity index (χ0v) is 10.5.